The molecule has 2 atom stereocenters. The zero-order valence-corrected chi connectivity index (χ0v) is 12.4. The van der Waals surface area contributed by atoms with E-state index in [1.54, 1.807) is 7.11 Å². The topological polar surface area (TPSA) is 36.9 Å². The van der Waals surface area contributed by atoms with Crippen LogP contribution in [0.4, 0.5) is 0 Å². The molecule has 0 bridgehead atoms. The van der Waals surface area contributed by atoms with E-state index in [-0.39, 0.29) is 0 Å². The Kier molecular flexibility index (Phi) is 7.09. The second kappa shape index (κ2) is 8.35. The molecule has 1 N–H and O–H groups in total. The van der Waals surface area contributed by atoms with Crippen molar-refractivity contribution in [1.29, 1.82) is 0 Å². The second-order valence-corrected chi connectivity index (χ2v) is 5.43. The summed E-state index contributed by atoms with van der Waals surface area (Å²) in [7, 11) is 1.74. The van der Waals surface area contributed by atoms with Crippen LogP contribution in [0.1, 0.15) is 33.6 Å². The molecule has 1 aliphatic rings. The summed E-state index contributed by atoms with van der Waals surface area (Å²) >= 11 is 0. The summed E-state index contributed by atoms with van der Waals surface area (Å²) in [5, 5.41) is 3.41. The molecule has 0 aromatic carbocycles. The average Bonchev–Trinajstić information content (AvgIpc) is 2.32. The molecule has 1 rings (SSSR count). The molecule has 2 unspecified atom stereocenters. The third-order valence-corrected chi connectivity index (χ3v) is 3.27. The lowest BCUT2D eigenvalue weighted by atomic mass is 9.92. The number of rotatable bonds is 5. The first-order valence-corrected chi connectivity index (χ1v) is 7.19. The Morgan fingerprint density at radius 1 is 1.33 bits per heavy atom. The predicted molar refractivity (Wildman–Crippen MR) is 77.0 cm³/mol. The van der Waals surface area contributed by atoms with Gasteiger partial charge in [0.25, 0.3) is 0 Å². The third kappa shape index (κ3) is 5.25. The van der Waals surface area contributed by atoms with Crippen molar-refractivity contribution < 1.29 is 4.74 Å². The van der Waals surface area contributed by atoms with Crippen LogP contribution in [0, 0.1) is 11.8 Å². The minimum atomic E-state index is 0.761. The van der Waals surface area contributed by atoms with Crippen molar-refractivity contribution in [1.82, 2.24) is 10.2 Å². The van der Waals surface area contributed by atoms with Crippen molar-refractivity contribution in [3.63, 3.8) is 0 Å². The van der Waals surface area contributed by atoms with Crippen LogP contribution in [0.2, 0.25) is 0 Å². The number of hydrogen-bond donors (Lipinski definition) is 1. The number of nitrogens with one attached hydrogen (secondary N) is 1. The van der Waals surface area contributed by atoms with Gasteiger partial charge in [0.05, 0.1) is 0 Å². The fourth-order valence-electron chi connectivity index (χ4n) is 2.66. The van der Waals surface area contributed by atoms with Crippen molar-refractivity contribution >= 4 is 5.96 Å². The number of likely N-dealkylation sites (tertiary alicyclic amines) is 1. The normalized spacial score (nSPS) is 25.3. The molecule has 1 heterocycles. The number of methoxy groups -OCH3 is 1. The minimum absolute atomic E-state index is 0.761. The van der Waals surface area contributed by atoms with Gasteiger partial charge in [-0.25, -0.2) is 0 Å². The molecule has 106 valence electrons. The van der Waals surface area contributed by atoms with Crippen LogP contribution in [-0.4, -0.2) is 50.8 Å². The molecule has 1 fully saturated rings. The van der Waals surface area contributed by atoms with Crippen LogP contribution < -0.4 is 5.32 Å². The van der Waals surface area contributed by atoms with Crippen LogP contribution in [0.25, 0.3) is 0 Å². The fourth-order valence-corrected chi connectivity index (χ4v) is 2.66. The molecule has 0 aromatic heterocycles. The number of ether oxygens (including phenoxy) is 1. The van der Waals surface area contributed by atoms with Gasteiger partial charge in [0.2, 0.25) is 0 Å². The van der Waals surface area contributed by atoms with Gasteiger partial charge in [-0.2, -0.15) is 0 Å². The number of nitrogens with zero attached hydrogens (tertiary/aromatic N) is 2. The molecule has 0 saturated carbocycles. The van der Waals surface area contributed by atoms with E-state index in [0.717, 1.165) is 57.0 Å². The number of guanidine groups is 1. The Morgan fingerprint density at radius 2 is 2.00 bits per heavy atom. The molecule has 18 heavy (non-hydrogen) atoms. The van der Waals surface area contributed by atoms with Gasteiger partial charge in [-0.05, 0) is 31.6 Å². The van der Waals surface area contributed by atoms with E-state index < -0.39 is 0 Å². The van der Waals surface area contributed by atoms with Gasteiger partial charge in [-0.3, -0.25) is 4.99 Å². The van der Waals surface area contributed by atoms with Crippen LogP contribution >= 0.6 is 0 Å². The van der Waals surface area contributed by atoms with E-state index in [9.17, 15) is 0 Å². The summed E-state index contributed by atoms with van der Waals surface area (Å²) in [6.45, 7) is 11.6. The van der Waals surface area contributed by atoms with E-state index in [0.29, 0.717) is 0 Å². The largest absolute Gasteiger partial charge is 0.385 e. The maximum absolute atomic E-state index is 5.06. The van der Waals surface area contributed by atoms with Crippen LogP contribution in [0.15, 0.2) is 4.99 Å². The van der Waals surface area contributed by atoms with Crippen LogP contribution in [0.5, 0.6) is 0 Å². The molecule has 1 aliphatic heterocycles. The van der Waals surface area contributed by atoms with Crippen molar-refractivity contribution in [2.45, 2.75) is 33.6 Å². The summed E-state index contributed by atoms with van der Waals surface area (Å²) in [5.41, 5.74) is 0. The van der Waals surface area contributed by atoms with Gasteiger partial charge in [0.1, 0.15) is 0 Å². The molecule has 0 aliphatic carbocycles. The smallest absolute Gasteiger partial charge is 0.193 e. The van der Waals surface area contributed by atoms with Gasteiger partial charge < -0.3 is 15.0 Å². The summed E-state index contributed by atoms with van der Waals surface area (Å²) in [4.78, 5) is 7.11. The first-order chi connectivity index (χ1) is 8.67. The summed E-state index contributed by atoms with van der Waals surface area (Å²) in [5.74, 6) is 2.60. The van der Waals surface area contributed by atoms with E-state index in [4.69, 9.17) is 9.73 Å². The van der Waals surface area contributed by atoms with E-state index in [1.165, 1.54) is 6.42 Å². The van der Waals surface area contributed by atoms with Crippen molar-refractivity contribution in [3.05, 3.63) is 0 Å². The minimum Gasteiger partial charge on any atom is -0.385 e. The lowest BCUT2D eigenvalue weighted by molar-refractivity contribution is 0.195. The number of aliphatic imine (C=N–C) groups is 1. The van der Waals surface area contributed by atoms with Crippen molar-refractivity contribution in [2.24, 2.45) is 16.8 Å². The SMILES string of the molecule is CCNC(=NCCCOC)N1CC(C)CC(C)C1. The maximum Gasteiger partial charge on any atom is 0.193 e. The van der Waals surface area contributed by atoms with E-state index in [1.807, 2.05) is 0 Å². The summed E-state index contributed by atoms with van der Waals surface area (Å²) in [6.07, 6.45) is 2.32. The second-order valence-electron chi connectivity index (χ2n) is 5.43. The quantitative estimate of drug-likeness (QED) is 0.463. The summed E-state index contributed by atoms with van der Waals surface area (Å²) < 4.78 is 5.06. The fraction of sp³-hybridized carbons (Fsp3) is 0.929. The summed E-state index contributed by atoms with van der Waals surface area (Å²) in [6, 6.07) is 0. The lowest BCUT2D eigenvalue weighted by Gasteiger charge is -2.37. The van der Waals surface area contributed by atoms with Gasteiger partial charge in [-0.15, -0.1) is 0 Å². The van der Waals surface area contributed by atoms with E-state index >= 15 is 0 Å². The van der Waals surface area contributed by atoms with Crippen LogP contribution in [-0.2, 0) is 4.74 Å². The Labute approximate surface area is 112 Å². The van der Waals surface area contributed by atoms with Crippen LogP contribution in [0.3, 0.4) is 0 Å². The monoisotopic (exact) mass is 255 g/mol. The molecule has 0 radical (unpaired) electrons. The lowest BCUT2D eigenvalue weighted by Crippen LogP contribution is -2.48. The highest BCUT2D eigenvalue weighted by atomic mass is 16.5. The standard InChI is InChI=1S/C14H29N3O/c1-5-15-14(16-7-6-8-18-4)17-10-12(2)9-13(3)11-17/h12-13H,5-11H2,1-4H3,(H,15,16). The molecular weight excluding hydrogens is 226 g/mol. The van der Waals surface area contributed by atoms with Gasteiger partial charge in [-0.1, -0.05) is 13.8 Å². The van der Waals surface area contributed by atoms with E-state index in [2.05, 4.69) is 31.0 Å². The Hall–Kier alpha value is -0.770. The maximum atomic E-state index is 5.06. The first-order valence-electron chi connectivity index (χ1n) is 7.19. The zero-order chi connectivity index (χ0) is 13.4. The molecule has 0 spiro atoms. The molecular formula is C14H29N3O. The highest BCUT2D eigenvalue weighted by molar-refractivity contribution is 5.80. The third-order valence-electron chi connectivity index (χ3n) is 3.27. The molecule has 4 nitrogen and oxygen atoms in total. The predicted octanol–water partition coefficient (Wildman–Crippen LogP) is 1.97. The van der Waals surface area contributed by atoms with Gasteiger partial charge >= 0.3 is 0 Å². The molecule has 4 heteroatoms. The molecule has 1 saturated heterocycles. The molecule has 0 aromatic rings. The molecule has 0 amide bonds. The average molecular weight is 255 g/mol. The Morgan fingerprint density at radius 3 is 2.56 bits per heavy atom. The van der Waals surface area contributed by atoms with Gasteiger partial charge in [0, 0.05) is 39.9 Å². The number of piperidine rings is 1. The zero-order valence-electron chi connectivity index (χ0n) is 12.4. The Bertz CT molecular complexity index is 245. The number of hydrogen-bond acceptors (Lipinski definition) is 2. The van der Waals surface area contributed by atoms with Gasteiger partial charge in [0.15, 0.2) is 5.96 Å². The Balaban J connectivity index is 2.53. The first kappa shape index (κ1) is 15.3. The highest BCUT2D eigenvalue weighted by Gasteiger charge is 2.23. The van der Waals surface area contributed by atoms with Crippen molar-refractivity contribution in [3.8, 4) is 0 Å². The van der Waals surface area contributed by atoms with Crippen molar-refractivity contribution in [2.75, 3.05) is 39.9 Å². The highest BCUT2D eigenvalue weighted by Crippen LogP contribution is 2.20.